The van der Waals surface area contributed by atoms with Crippen molar-refractivity contribution in [3.63, 3.8) is 0 Å². The first-order valence-corrected chi connectivity index (χ1v) is 3.93. The number of halogens is 6. The second-order valence-electron chi connectivity index (χ2n) is 3.15. The maximum absolute atomic E-state index is 12.7. The predicted octanol–water partition coefficient (Wildman–Crippen LogP) is 1.65. The van der Waals surface area contributed by atoms with Crippen LogP contribution in [0.2, 0.25) is 0 Å². The van der Waals surface area contributed by atoms with Crippen LogP contribution in [0.15, 0.2) is 0 Å². The molecule has 0 fully saturated rings. The van der Waals surface area contributed by atoms with E-state index in [2.05, 4.69) is 0 Å². The Morgan fingerprint density at radius 1 is 1.07 bits per heavy atom. The molecule has 0 amide bonds. The van der Waals surface area contributed by atoms with E-state index in [0.717, 1.165) is 6.92 Å². The molecular weight excluding hydrogens is 230 g/mol. The lowest BCUT2D eigenvalue weighted by Crippen LogP contribution is -2.49. The second-order valence-corrected chi connectivity index (χ2v) is 3.15. The van der Waals surface area contributed by atoms with E-state index in [1.165, 1.54) is 0 Å². The van der Waals surface area contributed by atoms with E-state index >= 15 is 0 Å². The summed E-state index contributed by atoms with van der Waals surface area (Å²) in [6.45, 7) is 0.721. The monoisotopic (exact) mass is 240 g/mol. The molecule has 0 heterocycles. The molecule has 0 aromatic rings. The third kappa shape index (κ3) is 4.25. The van der Waals surface area contributed by atoms with Gasteiger partial charge in [0, 0.05) is 0 Å². The van der Waals surface area contributed by atoms with Crippen LogP contribution in [0.5, 0.6) is 0 Å². The summed E-state index contributed by atoms with van der Waals surface area (Å²) in [6, 6.07) is 0. The van der Waals surface area contributed by atoms with E-state index in [4.69, 9.17) is 10.2 Å². The van der Waals surface area contributed by atoms with E-state index in [-0.39, 0.29) is 0 Å². The zero-order chi connectivity index (χ0) is 12.4. The summed E-state index contributed by atoms with van der Waals surface area (Å²) >= 11 is 0. The Morgan fingerprint density at radius 3 is 1.73 bits per heavy atom. The lowest BCUT2D eigenvalue weighted by atomic mass is 10.0. The molecule has 0 saturated carbocycles. The van der Waals surface area contributed by atoms with Crippen LogP contribution in [0, 0.1) is 0 Å². The first kappa shape index (κ1) is 14.5. The maximum Gasteiger partial charge on any atom is 0.392 e. The minimum absolute atomic E-state index is 0.721. The lowest BCUT2D eigenvalue weighted by molar-refractivity contribution is -0.217. The summed E-state index contributed by atoms with van der Waals surface area (Å²) in [6.07, 6.45) is -15.9. The Bertz CT molecular complexity index is 202. The van der Waals surface area contributed by atoms with Crippen molar-refractivity contribution in [2.45, 2.75) is 43.8 Å². The van der Waals surface area contributed by atoms with Crippen molar-refractivity contribution >= 4 is 0 Å². The van der Waals surface area contributed by atoms with Crippen LogP contribution in [-0.2, 0) is 0 Å². The zero-order valence-electron chi connectivity index (χ0n) is 7.60. The first-order chi connectivity index (χ1) is 6.48. The summed E-state index contributed by atoms with van der Waals surface area (Å²) in [5, 5.41) is 17.1. The van der Waals surface area contributed by atoms with Crippen molar-refractivity contribution in [2.24, 2.45) is 0 Å². The van der Waals surface area contributed by atoms with Crippen molar-refractivity contribution in [1.29, 1.82) is 0 Å². The molecule has 0 aliphatic rings. The van der Waals surface area contributed by atoms with E-state index in [0.29, 0.717) is 0 Å². The van der Waals surface area contributed by atoms with Gasteiger partial charge in [-0.25, -0.2) is 13.2 Å². The van der Waals surface area contributed by atoms with Crippen LogP contribution in [0.1, 0.15) is 13.3 Å². The highest BCUT2D eigenvalue weighted by atomic mass is 19.4. The molecule has 0 bridgehead atoms. The zero-order valence-corrected chi connectivity index (χ0v) is 7.60. The fraction of sp³-hybridized carbons (Fsp3) is 1.00. The maximum atomic E-state index is 12.7. The van der Waals surface area contributed by atoms with Crippen LogP contribution in [0.25, 0.3) is 0 Å². The molecule has 0 rings (SSSR count). The Labute approximate surface area is 81.5 Å². The van der Waals surface area contributed by atoms with Crippen LogP contribution in [-0.4, -0.2) is 40.7 Å². The highest BCUT2D eigenvalue weighted by Crippen LogP contribution is 2.34. The molecular formula is C7H10F6O2. The van der Waals surface area contributed by atoms with Crippen molar-refractivity contribution in [3.8, 4) is 0 Å². The Balaban J connectivity index is 4.58. The SMILES string of the molecule is CC(O)C(O)C(F)(F)C(F)CC(F)(F)F. The summed E-state index contributed by atoms with van der Waals surface area (Å²) in [4.78, 5) is 0. The van der Waals surface area contributed by atoms with Gasteiger partial charge in [0.25, 0.3) is 0 Å². The standard InChI is InChI=1S/C7H10F6O2/c1-3(14)5(15)7(12,13)4(8)2-6(9,10)11/h3-5,14-15H,2H2,1H3. The number of hydrogen-bond acceptors (Lipinski definition) is 2. The van der Waals surface area contributed by atoms with Gasteiger partial charge in [-0.3, -0.25) is 0 Å². The minimum Gasteiger partial charge on any atom is -0.390 e. The van der Waals surface area contributed by atoms with Crippen molar-refractivity contribution < 1.29 is 36.6 Å². The molecule has 0 aromatic carbocycles. The van der Waals surface area contributed by atoms with Crippen LogP contribution in [0.4, 0.5) is 26.3 Å². The normalized spacial score (nSPS) is 19.8. The van der Waals surface area contributed by atoms with Gasteiger partial charge in [0.05, 0.1) is 12.5 Å². The van der Waals surface area contributed by atoms with Crippen LogP contribution >= 0.6 is 0 Å². The third-order valence-corrected chi connectivity index (χ3v) is 1.68. The van der Waals surface area contributed by atoms with E-state index < -0.39 is 36.9 Å². The Kier molecular flexibility index (Phi) is 4.41. The highest BCUT2D eigenvalue weighted by Gasteiger charge is 2.52. The molecule has 2 N–H and O–H groups in total. The molecule has 15 heavy (non-hydrogen) atoms. The summed E-state index contributed by atoms with van der Waals surface area (Å²) in [5.41, 5.74) is 0. The molecule has 0 saturated heterocycles. The first-order valence-electron chi connectivity index (χ1n) is 3.93. The average Bonchev–Trinajstić information content (AvgIpc) is 1.99. The number of rotatable bonds is 4. The van der Waals surface area contributed by atoms with Gasteiger partial charge in [-0.1, -0.05) is 0 Å². The fourth-order valence-corrected chi connectivity index (χ4v) is 0.846. The molecule has 92 valence electrons. The molecule has 8 heteroatoms. The lowest BCUT2D eigenvalue weighted by Gasteiger charge is -2.27. The topological polar surface area (TPSA) is 40.5 Å². The van der Waals surface area contributed by atoms with Crippen molar-refractivity contribution in [2.75, 3.05) is 0 Å². The van der Waals surface area contributed by atoms with Gasteiger partial charge in [-0.2, -0.15) is 13.2 Å². The molecule has 0 radical (unpaired) electrons. The highest BCUT2D eigenvalue weighted by molar-refractivity contribution is 4.88. The quantitative estimate of drug-likeness (QED) is 0.733. The van der Waals surface area contributed by atoms with Crippen LogP contribution in [0.3, 0.4) is 0 Å². The summed E-state index contributed by atoms with van der Waals surface area (Å²) < 4.78 is 72.7. The van der Waals surface area contributed by atoms with Gasteiger partial charge in [-0.15, -0.1) is 0 Å². The van der Waals surface area contributed by atoms with Gasteiger partial charge in [-0.05, 0) is 6.92 Å². The molecule has 0 spiro atoms. The van der Waals surface area contributed by atoms with E-state index in [1.807, 2.05) is 0 Å². The van der Waals surface area contributed by atoms with E-state index in [9.17, 15) is 26.3 Å². The molecule has 0 aliphatic carbocycles. The predicted molar refractivity (Wildman–Crippen MR) is 38.2 cm³/mol. The van der Waals surface area contributed by atoms with Gasteiger partial charge in [0.2, 0.25) is 0 Å². The third-order valence-electron chi connectivity index (χ3n) is 1.68. The number of aliphatic hydroxyl groups excluding tert-OH is 2. The Morgan fingerprint density at radius 2 is 1.47 bits per heavy atom. The van der Waals surface area contributed by atoms with Crippen molar-refractivity contribution in [1.82, 2.24) is 0 Å². The van der Waals surface area contributed by atoms with Crippen LogP contribution < -0.4 is 0 Å². The Hall–Kier alpha value is -0.500. The number of aliphatic hydroxyl groups is 2. The second kappa shape index (κ2) is 4.56. The smallest absolute Gasteiger partial charge is 0.390 e. The number of alkyl halides is 6. The minimum atomic E-state index is -5.10. The van der Waals surface area contributed by atoms with Gasteiger partial charge < -0.3 is 10.2 Å². The largest absolute Gasteiger partial charge is 0.392 e. The molecule has 2 nitrogen and oxygen atoms in total. The number of hydrogen-bond donors (Lipinski definition) is 2. The molecule has 0 aromatic heterocycles. The van der Waals surface area contributed by atoms with Gasteiger partial charge >= 0.3 is 12.1 Å². The summed E-state index contributed by atoms with van der Waals surface area (Å²) in [7, 11) is 0. The average molecular weight is 240 g/mol. The molecule has 0 aliphatic heterocycles. The van der Waals surface area contributed by atoms with Gasteiger partial charge in [0.15, 0.2) is 6.17 Å². The molecule has 3 unspecified atom stereocenters. The van der Waals surface area contributed by atoms with E-state index in [1.54, 1.807) is 0 Å². The molecule has 3 atom stereocenters. The fourth-order valence-electron chi connectivity index (χ4n) is 0.846. The van der Waals surface area contributed by atoms with Gasteiger partial charge in [0.1, 0.15) is 6.10 Å². The summed E-state index contributed by atoms with van der Waals surface area (Å²) in [5.74, 6) is -4.64. The van der Waals surface area contributed by atoms with Crippen molar-refractivity contribution in [3.05, 3.63) is 0 Å².